The second-order valence-corrected chi connectivity index (χ2v) is 9.24. The lowest BCUT2D eigenvalue weighted by atomic mass is 10.0. The number of hydrogen-bond donors (Lipinski definition) is 2. The quantitative estimate of drug-likeness (QED) is 0.782. The van der Waals surface area contributed by atoms with Crippen molar-refractivity contribution in [1.82, 2.24) is 20.0 Å². The van der Waals surface area contributed by atoms with Gasteiger partial charge in [-0.05, 0) is 51.8 Å². The molecule has 1 aliphatic heterocycles. The first-order valence-electron chi connectivity index (χ1n) is 9.45. The Labute approximate surface area is 173 Å². The van der Waals surface area contributed by atoms with E-state index in [1.165, 1.54) is 12.1 Å². The van der Waals surface area contributed by atoms with Crippen LogP contribution in [0.3, 0.4) is 0 Å². The molecule has 1 fully saturated rings. The third-order valence-electron chi connectivity index (χ3n) is 5.30. The summed E-state index contributed by atoms with van der Waals surface area (Å²) >= 11 is 5.98. The molecule has 154 valence electrons. The average Bonchev–Trinajstić information content (AvgIpc) is 3.25. The van der Waals surface area contributed by atoms with Crippen molar-refractivity contribution < 1.29 is 14.0 Å². The molecule has 1 aliphatic carbocycles. The Bertz CT molecular complexity index is 1020. The molecule has 0 atom stereocenters. The van der Waals surface area contributed by atoms with E-state index in [0.717, 1.165) is 12.8 Å². The molecule has 1 aromatic heterocycles. The Balaban J connectivity index is 1.91. The molecule has 0 unspecified atom stereocenters. The highest BCUT2D eigenvalue weighted by Gasteiger charge is 2.52. The van der Waals surface area contributed by atoms with Gasteiger partial charge >= 0.3 is 6.03 Å². The van der Waals surface area contributed by atoms with E-state index in [2.05, 4.69) is 5.32 Å². The number of urea groups is 1. The van der Waals surface area contributed by atoms with Crippen LogP contribution in [0.25, 0.3) is 11.3 Å². The number of nitrogens with two attached hydrogens (primary N) is 1. The van der Waals surface area contributed by atoms with Gasteiger partial charge in [0.2, 0.25) is 0 Å². The lowest BCUT2D eigenvalue weighted by Crippen LogP contribution is -2.48. The number of carbonyl (C=O) groups is 2. The second-order valence-electron chi connectivity index (χ2n) is 8.83. The fraction of sp³-hybridized carbons (Fsp3) is 0.450. The molecule has 1 spiro atoms. The van der Waals surface area contributed by atoms with Gasteiger partial charge in [0, 0.05) is 17.6 Å². The van der Waals surface area contributed by atoms with Crippen LogP contribution in [0.2, 0.25) is 5.02 Å². The molecule has 29 heavy (non-hydrogen) atoms. The SMILES string of the molecule is CC(C)(C)NC(=O)c1c(-c2ccc(F)c(Cl)c2)nn2c1CN(C(N)=O)CC21CC1. The van der Waals surface area contributed by atoms with Crippen molar-refractivity contribution in [3.63, 3.8) is 0 Å². The normalized spacial score (nSPS) is 17.2. The molecule has 3 amide bonds. The van der Waals surface area contributed by atoms with Crippen LogP contribution >= 0.6 is 11.6 Å². The van der Waals surface area contributed by atoms with Crippen molar-refractivity contribution in [2.24, 2.45) is 5.73 Å². The van der Waals surface area contributed by atoms with Gasteiger partial charge in [-0.3, -0.25) is 9.48 Å². The molecule has 1 saturated carbocycles. The van der Waals surface area contributed by atoms with E-state index in [-0.39, 0.29) is 23.0 Å². The summed E-state index contributed by atoms with van der Waals surface area (Å²) in [6.45, 7) is 6.29. The predicted molar refractivity (Wildman–Crippen MR) is 107 cm³/mol. The van der Waals surface area contributed by atoms with Crippen LogP contribution in [0.15, 0.2) is 18.2 Å². The standard InChI is InChI=1S/C20H23ClFN5O2/c1-19(2,3)24-17(28)15-14-9-26(18(23)29)10-20(6-7-20)27(14)25-16(15)11-4-5-13(22)12(21)8-11/h4-5,8H,6-7,9-10H2,1-3H3,(H2,23,29)(H,24,28). The van der Waals surface area contributed by atoms with Crippen molar-refractivity contribution in [2.75, 3.05) is 6.54 Å². The summed E-state index contributed by atoms with van der Waals surface area (Å²) in [4.78, 5) is 26.7. The number of benzene rings is 1. The molecular formula is C20H23ClFN5O2. The molecular weight excluding hydrogens is 397 g/mol. The number of fused-ring (bicyclic) bond motifs is 2. The molecule has 2 heterocycles. The summed E-state index contributed by atoms with van der Waals surface area (Å²) in [5.74, 6) is -0.852. The van der Waals surface area contributed by atoms with E-state index >= 15 is 0 Å². The Morgan fingerprint density at radius 2 is 2.00 bits per heavy atom. The lowest BCUT2D eigenvalue weighted by molar-refractivity contribution is 0.0915. The van der Waals surface area contributed by atoms with Gasteiger partial charge in [0.15, 0.2) is 0 Å². The first-order chi connectivity index (χ1) is 13.5. The number of primary amides is 1. The third-order valence-corrected chi connectivity index (χ3v) is 5.59. The first kappa shape index (κ1) is 19.7. The highest BCUT2D eigenvalue weighted by atomic mass is 35.5. The topological polar surface area (TPSA) is 93.2 Å². The Hall–Kier alpha value is -2.61. The van der Waals surface area contributed by atoms with E-state index in [0.29, 0.717) is 29.1 Å². The fourth-order valence-corrected chi connectivity index (χ4v) is 3.99. The number of aromatic nitrogens is 2. The summed E-state index contributed by atoms with van der Waals surface area (Å²) in [6.07, 6.45) is 1.69. The third kappa shape index (κ3) is 3.46. The molecule has 0 saturated heterocycles. The smallest absolute Gasteiger partial charge is 0.315 e. The van der Waals surface area contributed by atoms with Gasteiger partial charge in [0.1, 0.15) is 11.5 Å². The van der Waals surface area contributed by atoms with E-state index in [4.69, 9.17) is 22.4 Å². The number of amides is 3. The van der Waals surface area contributed by atoms with Crippen molar-refractivity contribution >= 4 is 23.5 Å². The van der Waals surface area contributed by atoms with Crippen molar-refractivity contribution in [2.45, 2.75) is 51.2 Å². The first-order valence-corrected chi connectivity index (χ1v) is 9.83. The Morgan fingerprint density at radius 1 is 1.31 bits per heavy atom. The molecule has 0 radical (unpaired) electrons. The molecule has 2 aromatic rings. The van der Waals surface area contributed by atoms with Gasteiger partial charge < -0.3 is 16.0 Å². The summed E-state index contributed by atoms with van der Waals surface area (Å²) in [7, 11) is 0. The average molecular weight is 420 g/mol. The minimum atomic E-state index is -0.543. The van der Waals surface area contributed by atoms with Gasteiger partial charge in [0.05, 0.1) is 28.4 Å². The van der Waals surface area contributed by atoms with Crippen LogP contribution in [-0.2, 0) is 12.1 Å². The number of halogens is 2. The van der Waals surface area contributed by atoms with Crippen LogP contribution in [-0.4, -0.2) is 38.7 Å². The second kappa shape index (κ2) is 6.45. The van der Waals surface area contributed by atoms with Crippen molar-refractivity contribution in [1.29, 1.82) is 0 Å². The molecule has 9 heteroatoms. The van der Waals surface area contributed by atoms with Crippen LogP contribution in [0.1, 0.15) is 49.7 Å². The van der Waals surface area contributed by atoms with Crippen molar-refractivity contribution in [3.05, 3.63) is 40.3 Å². The van der Waals surface area contributed by atoms with Crippen LogP contribution in [0, 0.1) is 5.82 Å². The maximum absolute atomic E-state index is 13.7. The minimum absolute atomic E-state index is 0.0458. The van der Waals surface area contributed by atoms with Crippen LogP contribution in [0.4, 0.5) is 9.18 Å². The van der Waals surface area contributed by atoms with E-state index < -0.39 is 17.4 Å². The number of rotatable bonds is 2. The predicted octanol–water partition coefficient (Wildman–Crippen LogP) is 3.25. The number of carbonyl (C=O) groups excluding carboxylic acids is 2. The molecule has 4 rings (SSSR count). The zero-order chi connectivity index (χ0) is 21.1. The molecule has 1 aromatic carbocycles. The summed E-state index contributed by atoms with van der Waals surface area (Å²) < 4.78 is 15.6. The minimum Gasteiger partial charge on any atom is -0.351 e. The Morgan fingerprint density at radius 3 is 2.55 bits per heavy atom. The summed E-state index contributed by atoms with van der Waals surface area (Å²) in [5, 5.41) is 7.67. The lowest BCUT2D eigenvalue weighted by Gasteiger charge is -2.33. The zero-order valence-electron chi connectivity index (χ0n) is 16.6. The fourth-order valence-electron chi connectivity index (χ4n) is 3.81. The highest BCUT2D eigenvalue weighted by Crippen LogP contribution is 2.48. The van der Waals surface area contributed by atoms with Gasteiger partial charge in [-0.2, -0.15) is 5.10 Å². The van der Waals surface area contributed by atoms with Crippen LogP contribution in [0.5, 0.6) is 0 Å². The summed E-state index contributed by atoms with van der Waals surface area (Å²) in [6, 6.07) is 3.74. The molecule has 2 aliphatic rings. The Kier molecular flexibility index (Phi) is 4.38. The number of nitrogens with zero attached hydrogens (tertiary/aromatic N) is 3. The van der Waals surface area contributed by atoms with Gasteiger partial charge in [-0.25, -0.2) is 9.18 Å². The molecule has 7 nitrogen and oxygen atoms in total. The van der Waals surface area contributed by atoms with Crippen LogP contribution < -0.4 is 11.1 Å². The van der Waals surface area contributed by atoms with E-state index in [1.807, 2.05) is 25.5 Å². The maximum atomic E-state index is 13.7. The zero-order valence-corrected chi connectivity index (χ0v) is 17.3. The van der Waals surface area contributed by atoms with E-state index in [1.54, 1.807) is 11.0 Å². The number of hydrogen-bond acceptors (Lipinski definition) is 3. The largest absolute Gasteiger partial charge is 0.351 e. The van der Waals surface area contributed by atoms with Gasteiger partial charge in [-0.15, -0.1) is 0 Å². The maximum Gasteiger partial charge on any atom is 0.315 e. The number of nitrogens with one attached hydrogen (secondary N) is 1. The highest BCUT2D eigenvalue weighted by molar-refractivity contribution is 6.31. The monoisotopic (exact) mass is 419 g/mol. The van der Waals surface area contributed by atoms with Crippen molar-refractivity contribution in [3.8, 4) is 11.3 Å². The summed E-state index contributed by atoms with van der Waals surface area (Å²) in [5.41, 5.74) is 6.68. The molecule has 3 N–H and O–H groups in total. The molecule has 0 bridgehead atoms. The van der Waals surface area contributed by atoms with Gasteiger partial charge in [0.25, 0.3) is 5.91 Å². The van der Waals surface area contributed by atoms with Gasteiger partial charge in [-0.1, -0.05) is 11.6 Å². The van der Waals surface area contributed by atoms with E-state index in [9.17, 15) is 14.0 Å².